The summed E-state index contributed by atoms with van der Waals surface area (Å²) in [5.41, 5.74) is 5.56. The molecule has 1 fully saturated rings. The monoisotopic (exact) mass is 192 g/mol. The van der Waals surface area contributed by atoms with E-state index < -0.39 is 6.43 Å². The minimum absolute atomic E-state index is 0.0235. The first-order chi connectivity index (χ1) is 6.13. The Morgan fingerprint density at radius 1 is 1.46 bits per heavy atom. The fourth-order valence-corrected chi connectivity index (χ4v) is 2.07. The maximum absolute atomic E-state index is 12.2. The molecule has 1 aliphatic heterocycles. The Morgan fingerprint density at radius 2 is 2.15 bits per heavy atom. The summed E-state index contributed by atoms with van der Waals surface area (Å²) in [7, 11) is 2.02. The molecule has 2 atom stereocenters. The predicted molar refractivity (Wildman–Crippen MR) is 48.8 cm³/mol. The zero-order valence-electron chi connectivity index (χ0n) is 8.05. The van der Waals surface area contributed by atoms with Crippen LogP contribution in [0.2, 0.25) is 0 Å². The molecule has 0 saturated carbocycles. The van der Waals surface area contributed by atoms with Crippen LogP contribution in [0.3, 0.4) is 0 Å². The zero-order chi connectivity index (χ0) is 9.84. The Balaban J connectivity index is 2.42. The minimum atomic E-state index is -2.18. The minimum Gasteiger partial charge on any atom is -0.330 e. The topological polar surface area (TPSA) is 29.3 Å². The number of hydrogen-bond donors (Lipinski definition) is 1. The van der Waals surface area contributed by atoms with E-state index in [9.17, 15) is 8.78 Å². The van der Waals surface area contributed by atoms with Gasteiger partial charge in [-0.1, -0.05) is 0 Å². The van der Waals surface area contributed by atoms with Gasteiger partial charge in [-0.15, -0.1) is 0 Å². The summed E-state index contributed by atoms with van der Waals surface area (Å²) in [6, 6.07) is 0. The van der Waals surface area contributed by atoms with Crippen LogP contribution in [0.25, 0.3) is 0 Å². The number of halogens is 2. The maximum atomic E-state index is 12.2. The van der Waals surface area contributed by atoms with Gasteiger partial charge in [-0.05, 0) is 38.4 Å². The molecule has 2 nitrogen and oxygen atoms in total. The predicted octanol–water partition coefficient (Wildman–Crippen LogP) is 1.17. The normalized spacial score (nSPS) is 31.2. The molecule has 0 bridgehead atoms. The van der Waals surface area contributed by atoms with Crippen LogP contribution in [0.1, 0.15) is 12.8 Å². The Hall–Kier alpha value is -0.220. The molecule has 4 heteroatoms. The van der Waals surface area contributed by atoms with E-state index in [0.29, 0.717) is 6.54 Å². The fourth-order valence-electron chi connectivity index (χ4n) is 2.07. The van der Waals surface area contributed by atoms with E-state index in [1.54, 1.807) is 0 Å². The third-order valence-electron chi connectivity index (χ3n) is 2.88. The number of hydrogen-bond acceptors (Lipinski definition) is 2. The molecule has 1 heterocycles. The molecule has 0 aromatic rings. The average molecular weight is 192 g/mol. The lowest BCUT2D eigenvalue weighted by atomic mass is 9.83. The third kappa shape index (κ3) is 3.19. The van der Waals surface area contributed by atoms with E-state index in [1.807, 2.05) is 7.05 Å². The van der Waals surface area contributed by atoms with Crippen molar-refractivity contribution in [2.45, 2.75) is 19.3 Å². The Kier molecular flexibility index (Phi) is 4.06. The van der Waals surface area contributed by atoms with Gasteiger partial charge >= 0.3 is 0 Å². The molecule has 0 aromatic heterocycles. The summed E-state index contributed by atoms with van der Waals surface area (Å²) in [4.78, 5) is 2.17. The molecule has 0 aliphatic carbocycles. The molecule has 78 valence electrons. The van der Waals surface area contributed by atoms with E-state index in [2.05, 4.69) is 4.90 Å². The molecule has 2 N–H and O–H groups in total. The van der Waals surface area contributed by atoms with Crippen molar-refractivity contribution in [3.63, 3.8) is 0 Å². The van der Waals surface area contributed by atoms with Gasteiger partial charge in [-0.25, -0.2) is 8.78 Å². The third-order valence-corrected chi connectivity index (χ3v) is 2.88. The van der Waals surface area contributed by atoms with Crippen molar-refractivity contribution in [3.05, 3.63) is 0 Å². The van der Waals surface area contributed by atoms with Gasteiger partial charge in [0.25, 0.3) is 0 Å². The summed E-state index contributed by atoms with van der Waals surface area (Å²) in [6.45, 7) is 2.32. The van der Waals surface area contributed by atoms with E-state index in [0.717, 1.165) is 19.5 Å². The molecule has 0 radical (unpaired) electrons. The van der Waals surface area contributed by atoms with Crippen LogP contribution in [0.4, 0.5) is 8.78 Å². The fraction of sp³-hybridized carbons (Fsp3) is 1.00. The highest BCUT2D eigenvalue weighted by Gasteiger charge is 2.28. The first-order valence-electron chi connectivity index (χ1n) is 4.80. The Morgan fingerprint density at radius 3 is 2.69 bits per heavy atom. The smallest absolute Gasteiger partial charge is 0.238 e. The van der Waals surface area contributed by atoms with Gasteiger partial charge in [0.1, 0.15) is 0 Å². The molecule has 0 aromatic carbocycles. The lowest BCUT2D eigenvalue weighted by molar-refractivity contribution is 0.0638. The summed E-state index contributed by atoms with van der Waals surface area (Å²) in [5, 5.41) is 0. The number of piperidine rings is 1. The van der Waals surface area contributed by atoms with Gasteiger partial charge in [0.05, 0.1) is 0 Å². The summed E-state index contributed by atoms with van der Waals surface area (Å²) < 4.78 is 24.3. The molecular formula is C9H18F2N2. The molecule has 0 spiro atoms. The number of nitrogens with zero attached hydrogens (tertiary/aromatic N) is 1. The highest BCUT2D eigenvalue weighted by Crippen LogP contribution is 2.27. The largest absolute Gasteiger partial charge is 0.330 e. The quantitative estimate of drug-likeness (QED) is 0.727. The SMILES string of the molecule is CN1CCC(CC(F)F)C(CN)C1. The summed E-state index contributed by atoms with van der Waals surface area (Å²) >= 11 is 0. The second-order valence-electron chi connectivity index (χ2n) is 3.93. The van der Waals surface area contributed by atoms with Crippen LogP contribution < -0.4 is 5.73 Å². The number of rotatable bonds is 3. The first-order valence-corrected chi connectivity index (χ1v) is 4.80. The van der Waals surface area contributed by atoms with Crippen molar-refractivity contribution in [1.29, 1.82) is 0 Å². The van der Waals surface area contributed by atoms with Gasteiger partial charge < -0.3 is 10.6 Å². The Labute approximate surface area is 78.1 Å². The number of alkyl halides is 2. The van der Waals surface area contributed by atoms with E-state index in [4.69, 9.17) is 5.73 Å². The van der Waals surface area contributed by atoms with Crippen LogP contribution in [0, 0.1) is 11.8 Å². The van der Waals surface area contributed by atoms with E-state index in [1.165, 1.54) is 0 Å². The lowest BCUT2D eigenvalue weighted by Crippen LogP contribution is -2.42. The second kappa shape index (κ2) is 4.86. The summed E-state index contributed by atoms with van der Waals surface area (Å²) in [5.74, 6) is 0.383. The molecule has 1 rings (SSSR count). The lowest BCUT2D eigenvalue weighted by Gasteiger charge is -2.36. The summed E-state index contributed by atoms with van der Waals surface area (Å²) in [6.07, 6.45) is -1.29. The van der Waals surface area contributed by atoms with Crippen molar-refractivity contribution in [1.82, 2.24) is 4.90 Å². The van der Waals surface area contributed by atoms with Crippen LogP contribution in [0.15, 0.2) is 0 Å². The average Bonchev–Trinajstić information content (AvgIpc) is 2.07. The van der Waals surface area contributed by atoms with Crippen LogP contribution in [-0.2, 0) is 0 Å². The molecule has 1 aliphatic rings. The standard InChI is InChI=1S/C9H18F2N2/c1-13-3-2-7(4-9(10)11)8(5-12)6-13/h7-9H,2-6,12H2,1H3. The van der Waals surface area contributed by atoms with Crippen molar-refractivity contribution in [2.75, 3.05) is 26.7 Å². The van der Waals surface area contributed by atoms with Gasteiger partial charge in [-0.2, -0.15) is 0 Å². The van der Waals surface area contributed by atoms with Crippen molar-refractivity contribution >= 4 is 0 Å². The molecule has 2 unspecified atom stereocenters. The van der Waals surface area contributed by atoms with Crippen molar-refractivity contribution in [2.24, 2.45) is 17.6 Å². The van der Waals surface area contributed by atoms with E-state index in [-0.39, 0.29) is 18.3 Å². The van der Waals surface area contributed by atoms with E-state index >= 15 is 0 Å². The second-order valence-corrected chi connectivity index (χ2v) is 3.93. The number of nitrogens with two attached hydrogens (primary N) is 1. The van der Waals surface area contributed by atoms with Crippen LogP contribution in [0.5, 0.6) is 0 Å². The Bertz CT molecular complexity index is 153. The molecule has 1 saturated heterocycles. The van der Waals surface area contributed by atoms with Gasteiger partial charge in [0.15, 0.2) is 0 Å². The highest BCUT2D eigenvalue weighted by atomic mass is 19.3. The van der Waals surface area contributed by atoms with Crippen LogP contribution >= 0.6 is 0 Å². The van der Waals surface area contributed by atoms with Crippen LogP contribution in [-0.4, -0.2) is 38.0 Å². The van der Waals surface area contributed by atoms with Gasteiger partial charge in [0.2, 0.25) is 6.43 Å². The first kappa shape index (κ1) is 10.9. The van der Waals surface area contributed by atoms with Gasteiger partial charge in [0, 0.05) is 13.0 Å². The zero-order valence-corrected chi connectivity index (χ0v) is 8.05. The van der Waals surface area contributed by atoms with Gasteiger partial charge in [-0.3, -0.25) is 0 Å². The molecule has 13 heavy (non-hydrogen) atoms. The highest BCUT2D eigenvalue weighted by molar-refractivity contribution is 4.80. The maximum Gasteiger partial charge on any atom is 0.238 e. The number of likely N-dealkylation sites (tertiary alicyclic amines) is 1. The molecule has 0 amide bonds. The van der Waals surface area contributed by atoms with Crippen molar-refractivity contribution < 1.29 is 8.78 Å². The van der Waals surface area contributed by atoms with Crippen molar-refractivity contribution in [3.8, 4) is 0 Å². The molecular weight excluding hydrogens is 174 g/mol.